The van der Waals surface area contributed by atoms with Crippen LogP contribution in [0, 0.1) is 5.92 Å². The van der Waals surface area contributed by atoms with Crippen molar-refractivity contribution in [3.05, 3.63) is 0 Å². The molecule has 3 saturated heterocycles. The Hall–Kier alpha value is -0.280. The van der Waals surface area contributed by atoms with Gasteiger partial charge < -0.3 is 24.8 Å². The number of β-lactam (4-membered cyclic amide) rings is 1. The van der Waals surface area contributed by atoms with Crippen molar-refractivity contribution in [2.75, 3.05) is 13.1 Å². The number of aliphatic hydroxyl groups is 1. The molecule has 0 unspecified atom stereocenters. The Morgan fingerprint density at radius 3 is 2.42 bits per heavy atom. The molecule has 4 atom stereocenters. The van der Waals surface area contributed by atoms with E-state index in [1.54, 1.807) is 18.7 Å². The largest absolute Gasteiger partial charge is 1.00 e. The van der Waals surface area contributed by atoms with Gasteiger partial charge in [0.25, 0.3) is 5.91 Å². The van der Waals surface area contributed by atoms with Crippen LogP contribution in [0.2, 0.25) is 0 Å². The van der Waals surface area contributed by atoms with Gasteiger partial charge in [0.1, 0.15) is 12.0 Å². The molecule has 0 spiro atoms. The molecular weight excluding hydrogens is 343 g/mol. The third-order valence-electron chi connectivity index (χ3n) is 4.97. The number of nitrogens with zero attached hydrogens (tertiary/aromatic N) is 2. The summed E-state index contributed by atoms with van der Waals surface area (Å²) >= 11 is 1.31. The monoisotopic (exact) mass is 364 g/mol. The second-order valence-corrected chi connectivity index (χ2v) is 8.71. The van der Waals surface area contributed by atoms with E-state index in [9.17, 15) is 24.6 Å². The molecule has 7 nitrogen and oxygen atoms in total. The number of carboxylic acid groups (broad SMARTS) is 1. The molecular formula is C15H21N2NaO5S. The summed E-state index contributed by atoms with van der Waals surface area (Å²) in [4.78, 5) is 39.0. The Kier molecular flexibility index (Phi) is 5.97. The minimum atomic E-state index is -1.40. The molecule has 0 bridgehead atoms. The van der Waals surface area contributed by atoms with Crippen molar-refractivity contribution in [1.29, 1.82) is 0 Å². The van der Waals surface area contributed by atoms with Gasteiger partial charge in [-0.15, -0.1) is 11.8 Å². The number of thioether (sulfide) groups is 1. The minimum absolute atomic E-state index is 0. The Bertz CT molecular complexity index is 552. The summed E-state index contributed by atoms with van der Waals surface area (Å²) in [6, 6.07) is -1.03. The summed E-state index contributed by atoms with van der Waals surface area (Å²) in [6.45, 7) is 4.68. The third kappa shape index (κ3) is 3.11. The number of rotatable bonds is 3. The Balaban J connectivity index is 0.00000208. The Labute approximate surface area is 167 Å². The number of carbonyl (C=O) groups is 3. The van der Waals surface area contributed by atoms with Gasteiger partial charge in [0.15, 0.2) is 0 Å². The van der Waals surface area contributed by atoms with Gasteiger partial charge in [-0.3, -0.25) is 9.59 Å². The first-order chi connectivity index (χ1) is 10.8. The average Bonchev–Trinajstić information content (AvgIpc) is 2.75. The number of piperidine rings is 1. The molecule has 0 aromatic heterocycles. The molecule has 9 heteroatoms. The fraction of sp³-hybridized carbons (Fsp3) is 0.800. The van der Waals surface area contributed by atoms with E-state index in [4.69, 9.17) is 0 Å². The van der Waals surface area contributed by atoms with E-state index >= 15 is 0 Å². The molecule has 3 fully saturated rings. The van der Waals surface area contributed by atoms with Crippen LogP contribution in [0.5, 0.6) is 0 Å². The second-order valence-electron chi connectivity index (χ2n) is 6.94. The number of fused-ring (bicyclic) bond motifs is 1. The molecule has 0 aromatic rings. The molecule has 0 aromatic carbocycles. The number of hydrogen-bond donors (Lipinski definition) is 1. The summed E-state index contributed by atoms with van der Waals surface area (Å²) in [5.74, 6) is -3.05. The molecule has 0 aliphatic carbocycles. The fourth-order valence-corrected chi connectivity index (χ4v) is 5.48. The molecule has 0 saturated carbocycles. The maximum atomic E-state index is 12.4. The van der Waals surface area contributed by atoms with E-state index < -0.39 is 46.0 Å². The van der Waals surface area contributed by atoms with E-state index in [0.717, 1.165) is 19.3 Å². The van der Waals surface area contributed by atoms with Crippen molar-refractivity contribution in [2.45, 2.75) is 55.4 Å². The molecule has 3 heterocycles. The smallest absolute Gasteiger partial charge is 0.548 e. The maximum Gasteiger partial charge on any atom is 1.00 e. The average molecular weight is 364 g/mol. The SMILES string of the molecule is CC1(C)S[C@@H]2[C@H]([C@H](O)C(=O)N3CCCCC3)C(=O)N2[C@H]1C(=O)[O-].[Na+]. The van der Waals surface area contributed by atoms with Gasteiger partial charge >= 0.3 is 29.6 Å². The number of aliphatic hydroxyl groups excluding tert-OH is 1. The number of carboxylic acids is 1. The van der Waals surface area contributed by atoms with Gasteiger partial charge in [-0.05, 0) is 33.1 Å². The van der Waals surface area contributed by atoms with E-state index in [0.29, 0.717) is 13.1 Å². The third-order valence-corrected chi connectivity index (χ3v) is 6.56. The fourth-order valence-electron chi connectivity index (χ4n) is 3.77. The number of aliphatic carboxylic acids is 1. The Morgan fingerprint density at radius 1 is 1.29 bits per heavy atom. The second kappa shape index (κ2) is 7.15. The molecule has 3 rings (SSSR count). The molecule has 128 valence electrons. The van der Waals surface area contributed by atoms with Gasteiger partial charge in [0, 0.05) is 17.8 Å². The Morgan fingerprint density at radius 2 is 1.88 bits per heavy atom. The molecule has 3 aliphatic heterocycles. The number of amides is 2. The molecule has 3 aliphatic rings. The number of likely N-dealkylation sites (tertiary alicyclic amines) is 1. The van der Waals surface area contributed by atoms with Crippen molar-refractivity contribution in [3.63, 3.8) is 0 Å². The summed E-state index contributed by atoms with van der Waals surface area (Å²) in [6.07, 6.45) is 1.48. The van der Waals surface area contributed by atoms with Crippen LogP contribution < -0.4 is 34.7 Å². The minimum Gasteiger partial charge on any atom is -0.548 e. The van der Waals surface area contributed by atoms with Crippen LogP contribution in [0.1, 0.15) is 33.1 Å². The zero-order valence-electron chi connectivity index (χ0n) is 14.2. The normalized spacial score (nSPS) is 32.5. The summed E-state index contributed by atoms with van der Waals surface area (Å²) < 4.78 is -0.707. The summed E-state index contributed by atoms with van der Waals surface area (Å²) in [5, 5.41) is 21.3. The number of hydrogen-bond acceptors (Lipinski definition) is 6. The zero-order chi connectivity index (χ0) is 16.9. The van der Waals surface area contributed by atoms with Crippen LogP contribution >= 0.6 is 11.8 Å². The first-order valence-corrected chi connectivity index (χ1v) is 8.81. The molecule has 0 radical (unpaired) electrons. The van der Waals surface area contributed by atoms with Crippen LogP contribution in [0.15, 0.2) is 0 Å². The first-order valence-electron chi connectivity index (χ1n) is 7.93. The van der Waals surface area contributed by atoms with E-state index in [1.807, 2.05) is 0 Å². The molecule has 24 heavy (non-hydrogen) atoms. The van der Waals surface area contributed by atoms with Crippen molar-refractivity contribution in [1.82, 2.24) is 9.80 Å². The van der Waals surface area contributed by atoms with Crippen molar-refractivity contribution in [3.8, 4) is 0 Å². The van der Waals surface area contributed by atoms with E-state index in [2.05, 4.69) is 0 Å². The molecule has 1 N–H and O–H groups in total. The van der Waals surface area contributed by atoms with Gasteiger partial charge in [0.05, 0.1) is 17.4 Å². The summed E-state index contributed by atoms with van der Waals surface area (Å²) in [5.41, 5.74) is 0. The maximum absolute atomic E-state index is 12.4. The van der Waals surface area contributed by atoms with Crippen molar-refractivity contribution < 1.29 is 54.2 Å². The van der Waals surface area contributed by atoms with Crippen LogP contribution in [0.3, 0.4) is 0 Å². The van der Waals surface area contributed by atoms with Crippen LogP contribution in [-0.4, -0.2) is 68.0 Å². The predicted octanol–water partition coefficient (Wildman–Crippen LogP) is -4.21. The first kappa shape index (κ1) is 20.0. The number of carbonyl (C=O) groups excluding carboxylic acids is 3. The van der Waals surface area contributed by atoms with E-state index in [1.165, 1.54) is 16.7 Å². The standard InChI is InChI=1S/C15H22N2O5S.Na/c1-15(2)10(14(21)22)17-11(19)8(13(17)23-15)9(18)12(20)16-6-4-3-5-7-16;/h8-10,13,18H,3-7H2,1-2H3,(H,21,22);/q;+1/p-1/t8-,9+,10+,13-;/m1./s1. The predicted molar refractivity (Wildman–Crippen MR) is 81.0 cm³/mol. The van der Waals surface area contributed by atoms with Crippen LogP contribution in [0.25, 0.3) is 0 Å². The van der Waals surface area contributed by atoms with Crippen LogP contribution in [-0.2, 0) is 14.4 Å². The van der Waals surface area contributed by atoms with E-state index in [-0.39, 0.29) is 29.6 Å². The summed E-state index contributed by atoms with van der Waals surface area (Å²) in [7, 11) is 0. The topological polar surface area (TPSA) is 101 Å². The van der Waals surface area contributed by atoms with Crippen molar-refractivity contribution in [2.24, 2.45) is 5.92 Å². The van der Waals surface area contributed by atoms with Gasteiger partial charge in [-0.25, -0.2) is 0 Å². The quantitative estimate of drug-likeness (QED) is 0.403. The van der Waals surface area contributed by atoms with Gasteiger partial charge in [0.2, 0.25) is 5.91 Å². The van der Waals surface area contributed by atoms with Gasteiger partial charge in [-0.2, -0.15) is 0 Å². The van der Waals surface area contributed by atoms with Crippen LogP contribution in [0.4, 0.5) is 0 Å². The van der Waals surface area contributed by atoms with Crippen molar-refractivity contribution >= 4 is 29.5 Å². The van der Waals surface area contributed by atoms with Gasteiger partial charge in [-0.1, -0.05) is 0 Å². The zero-order valence-corrected chi connectivity index (χ0v) is 17.0. The molecule has 2 amide bonds.